The smallest absolute Gasteiger partial charge is 0.341 e. The third-order valence-electron chi connectivity index (χ3n) is 3.21. The number of amides is 2. The zero-order chi connectivity index (χ0) is 18.6. The minimum absolute atomic E-state index is 0.0440. The highest BCUT2D eigenvalue weighted by Crippen LogP contribution is 2.33. The molecule has 25 heavy (non-hydrogen) atoms. The fourth-order valence-corrected chi connectivity index (χ4v) is 3.69. The Morgan fingerprint density at radius 1 is 1.40 bits per heavy atom. The molecule has 0 fully saturated rings. The van der Waals surface area contributed by atoms with E-state index in [0.717, 1.165) is 11.3 Å². The molecule has 7 nitrogen and oxygen atoms in total. The minimum Gasteiger partial charge on any atom is -0.465 e. The number of nitrogens with zero attached hydrogens (tertiary/aromatic N) is 1. The average Bonchev–Trinajstić information content (AvgIpc) is 3.19. The number of anilines is 1. The van der Waals surface area contributed by atoms with Crippen LogP contribution in [0.25, 0.3) is 6.08 Å². The first kappa shape index (κ1) is 18.4. The molecule has 3 N–H and O–H groups in total. The molecule has 0 atom stereocenters. The van der Waals surface area contributed by atoms with E-state index < -0.39 is 17.8 Å². The zero-order valence-electron chi connectivity index (χ0n) is 13.3. The maximum Gasteiger partial charge on any atom is 0.341 e. The van der Waals surface area contributed by atoms with Gasteiger partial charge in [0.05, 0.1) is 17.6 Å². The van der Waals surface area contributed by atoms with Gasteiger partial charge < -0.3 is 15.8 Å². The molecular formula is C16H13N3O4S2. The number of thiophene rings is 2. The van der Waals surface area contributed by atoms with Crippen molar-refractivity contribution in [3.63, 3.8) is 0 Å². The van der Waals surface area contributed by atoms with Gasteiger partial charge in [-0.25, -0.2) is 4.79 Å². The first-order valence-corrected chi connectivity index (χ1v) is 8.61. The van der Waals surface area contributed by atoms with Crippen molar-refractivity contribution in [1.82, 2.24) is 0 Å². The molecule has 0 spiro atoms. The summed E-state index contributed by atoms with van der Waals surface area (Å²) in [6.45, 7) is 1.53. The monoisotopic (exact) mass is 375 g/mol. The molecule has 2 heterocycles. The molecule has 2 aromatic rings. The van der Waals surface area contributed by atoms with E-state index in [4.69, 9.17) is 10.5 Å². The molecule has 0 aliphatic carbocycles. The van der Waals surface area contributed by atoms with Gasteiger partial charge in [0.2, 0.25) is 0 Å². The summed E-state index contributed by atoms with van der Waals surface area (Å²) in [5, 5.41) is 15.4. The molecule has 2 amide bonds. The Bertz CT molecular complexity index is 905. The van der Waals surface area contributed by atoms with E-state index in [-0.39, 0.29) is 21.0 Å². The summed E-state index contributed by atoms with van der Waals surface area (Å²) in [6.07, 6.45) is 1.43. The molecule has 9 heteroatoms. The van der Waals surface area contributed by atoms with Crippen LogP contribution in [0.5, 0.6) is 0 Å². The van der Waals surface area contributed by atoms with Crippen molar-refractivity contribution >= 4 is 51.5 Å². The topological polar surface area (TPSA) is 122 Å². The number of carbonyl (C=O) groups excluding carboxylic acids is 3. The molecule has 0 bridgehead atoms. The van der Waals surface area contributed by atoms with Crippen molar-refractivity contribution in [3.05, 3.63) is 44.0 Å². The maximum absolute atomic E-state index is 12.4. The van der Waals surface area contributed by atoms with E-state index in [2.05, 4.69) is 5.32 Å². The average molecular weight is 375 g/mol. The highest BCUT2D eigenvalue weighted by atomic mass is 32.1. The lowest BCUT2D eigenvalue weighted by atomic mass is 10.1. The van der Waals surface area contributed by atoms with Gasteiger partial charge in [0, 0.05) is 0 Å². The van der Waals surface area contributed by atoms with Crippen LogP contribution in [0.15, 0.2) is 22.4 Å². The van der Waals surface area contributed by atoms with Crippen LogP contribution in [0, 0.1) is 18.3 Å². The molecule has 0 saturated carbocycles. The van der Waals surface area contributed by atoms with E-state index in [1.807, 2.05) is 11.4 Å². The van der Waals surface area contributed by atoms with Crippen molar-refractivity contribution in [2.45, 2.75) is 6.92 Å². The Balaban J connectivity index is 2.40. The lowest BCUT2D eigenvalue weighted by Crippen LogP contribution is -2.15. The summed E-state index contributed by atoms with van der Waals surface area (Å²) in [5.41, 5.74) is 6.23. The van der Waals surface area contributed by atoms with Crippen molar-refractivity contribution in [2.75, 3.05) is 12.4 Å². The van der Waals surface area contributed by atoms with Gasteiger partial charge in [-0.1, -0.05) is 0 Å². The van der Waals surface area contributed by atoms with Crippen LogP contribution >= 0.6 is 22.7 Å². The Morgan fingerprint density at radius 2 is 2.12 bits per heavy atom. The van der Waals surface area contributed by atoms with Gasteiger partial charge in [-0.15, -0.1) is 11.3 Å². The number of nitrogens with two attached hydrogens (primary N) is 1. The van der Waals surface area contributed by atoms with Gasteiger partial charge in [0.15, 0.2) is 0 Å². The molecule has 0 saturated heterocycles. The Kier molecular flexibility index (Phi) is 5.69. The second-order valence-electron chi connectivity index (χ2n) is 4.80. The molecule has 0 aromatic carbocycles. The fourth-order valence-electron chi connectivity index (χ4n) is 2.03. The number of methoxy groups -OCH3 is 1. The number of nitriles is 1. The maximum atomic E-state index is 12.4. The summed E-state index contributed by atoms with van der Waals surface area (Å²) < 4.78 is 4.69. The van der Waals surface area contributed by atoms with Crippen LogP contribution in [0.1, 0.15) is 31.2 Å². The normalized spacial score (nSPS) is 10.8. The Morgan fingerprint density at radius 3 is 2.64 bits per heavy atom. The van der Waals surface area contributed by atoms with Gasteiger partial charge in [0.1, 0.15) is 16.6 Å². The van der Waals surface area contributed by atoms with Gasteiger partial charge in [-0.05, 0) is 41.0 Å². The first-order valence-electron chi connectivity index (χ1n) is 6.85. The van der Waals surface area contributed by atoms with E-state index >= 15 is 0 Å². The van der Waals surface area contributed by atoms with Gasteiger partial charge in [-0.3, -0.25) is 9.59 Å². The molecule has 2 rings (SSSR count). The number of hydrogen-bond donors (Lipinski definition) is 2. The van der Waals surface area contributed by atoms with Gasteiger partial charge >= 0.3 is 5.97 Å². The van der Waals surface area contributed by atoms with Crippen LogP contribution < -0.4 is 11.1 Å². The molecule has 0 aliphatic heterocycles. The molecule has 0 aliphatic rings. The van der Waals surface area contributed by atoms with Crippen LogP contribution in [-0.2, 0) is 9.53 Å². The highest BCUT2D eigenvalue weighted by Gasteiger charge is 2.26. The predicted molar refractivity (Wildman–Crippen MR) is 95.5 cm³/mol. The summed E-state index contributed by atoms with van der Waals surface area (Å²) in [5.74, 6) is -2.13. The zero-order valence-corrected chi connectivity index (χ0v) is 14.9. The number of rotatable bonds is 5. The molecule has 0 radical (unpaired) electrons. The quantitative estimate of drug-likeness (QED) is 0.472. The van der Waals surface area contributed by atoms with Crippen LogP contribution in [0.3, 0.4) is 0 Å². The van der Waals surface area contributed by atoms with Crippen LogP contribution in [0.2, 0.25) is 0 Å². The largest absolute Gasteiger partial charge is 0.465 e. The number of hydrogen-bond acceptors (Lipinski definition) is 7. The number of primary amides is 1. The van der Waals surface area contributed by atoms with Crippen LogP contribution in [-0.4, -0.2) is 24.9 Å². The molecule has 2 aromatic heterocycles. The molecule has 128 valence electrons. The number of ether oxygens (including phenoxy) is 1. The van der Waals surface area contributed by atoms with Gasteiger partial charge in [0.25, 0.3) is 11.8 Å². The van der Waals surface area contributed by atoms with Crippen molar-refractivity contribution in [1.29, 1.82) is 5.26 Å². The number of nitrogens with one attached hydrogen (secondary N) is 1. The molecular weight excluding hydrogens is 362 g/mol. The predicted octanol–water partition coefficient (Wildman–Crippen LogP) is 2.55. The fraction of sp³-hybridized carbons (Fsp3) is 0.125. The summed E-state index contributed by atoms with van der Waals surface area (Å²) >= 11 is 2.29. The summed E-state index contributed by atoms with van der Waals surface area (Å²) in [7, 11) is 1.19. The standard InChI is InChI=1S/C16H13N3O4S2/c1-8-11(16(22)23-2)15(25-12(8)13(18)20)19-14(21)10(6-17)5-9-3-4-24-7-9/h3-5,7H,1-2H3,(H2,18,20)(H,19,21). The second kappa shape index (κ2) is 7.74. The highest BCUT2D eigenvalue weighted by molar-refractivity contribution is 7.18. The van der Waals surface area contributed by atoms with Gasteiger partial charge in [-0.2, -0.15) is 16.6 Å². The van der Waals surface area contributed by atoms with E-state index in [0.29, 0.717) is 11.1 Å². The first-order chi connectivity index (χ1) is 11.9. The second-order valence-corrected chi connectivity index (χ2v) is 6.60. The summed E-state index contributed by atoms with van der Waals surface area (Å²) in [4.78, 5) is 36.0. The van der Waals surface area contributed by atoms with Crippen molar-refractivity contribution < 1.29 is 19.1 Å². The van der Waals surface area contributed by atoms with Crippen molar-refractivity contribution in [3.8, 4) is 6.07 Å². The SMILES string of the molecule is COC(=O)c1c(NC(=O)C(C#N)=Cc2ccsc2)sc(C(N)=O)c1C. The number of esters is 1. The summed E-state index contributed by atoms with van der Waals surface area (Å²) in [6, 6.07) is 3.58. The van der Waals surface area contributed by atoms with E-state index in [1.54, 1.807) is 11.4 Å². The minimum atomic E-state index is -0.720. The van der Waals surface area contributed by atoms with Crippen LogP contribution in [0.4, 0.5) is 5.00 Å². The van der Waals surface area contributed by atoms with Crippen molar-refractivity contribution in [2.24, 2.45) is 5.73 Å². The molecule has 0 unspecified atom stereocenters. The Labute approximate surface area is 151 Å². The number of carbonyl (C=O) groups is 3. The third kappa shape index (κ3) is 3.93. The third-order valence-corrected chi connectivity index (χ3v) is 5.13. The van der Waals surface area contributed by atoms with E-state index in [9.17, 15) is 19.6 Å². The lowest BCUT2D eigenvalue weighted by Gasteiger charge is -2.05. The Hall–Kier alpha value is -2.96. The lowest BCUT2D eigenvalue weighted by molar-refractivity contribution is -0.112. The van der Waals surface area contributed by atoms with E-state index in [1.165, 1.54) is 31.4 Å².